The number of carbonyl (C=O) groups excluding carboxylic acids is 1. The first-order chi connectivity index (χ1) is 15.3. The minimum atomic E-state index is -3.46. The number of carbonyl (C=O) groups is 1. The largest absolute Gasteiger partial charge is 0.492 e. The maximum atomic E-state index is 13.0. The summed E-state index contributed by atoms with van der Waals surface area (Å²) in [6.07, 6.45) is 4.34. The van der Waals surface area contributed by atoms with Crippen molar-refractivity contribution < 1.29 is 22.7 Å². The van der Waals surface area contributed by atoms with Crippen molar-refractivity contribution in [1.29, 1.82) is 0 Å². The van der Waals surface area contributed by atoms with Crippen LogP contribution in [-0.4, -0.2) is 83.0 Å². The van der Waals surface area contributed by atoms with Gasteiger partial charge in [-0.2, -0.15) is 5.10 Å². The number of pyridine rings is 1. The molecule has 1 amide bonds. The quantitative estimate of drug-likeness (QED) is 0.668. The van der Waals surface area contributed by atoms with E-state index in [9.17, 15) is 13.2 Å². The van der Waals surface area contributed by atoms with Crippen LogP contribution in [0.25, 0.3) is 11.4 Å². The van der Waals surface area contributed by atoms with Crippen LogP contribution in [0, 0.1) is 5.92 Å². The lowest BCUT2D eigenvalue weighted by Gasteiger charge is -2.42. The predicted octanol–water partition coefficient (Wildman–Crippen LogP) is 2.12. The van der Waals surface area contributed by atoms with Crippen LogP contribution < -0.4 is 4.74 Å². The molecule has 4 heterocycles. The number of aromatic amines is 1. The van der Waals surface area contributed by atoms with E-state index in [1.54, 1.807) is 30.5 Å². The van der Waals surface area contributed by atoms with Crippen molar-refractivity contribution in [2.24, 2.45) is 5.92 Å². The summed E-state index contributed by atoms with van der Waals surface area (Å²) in [7, 11) is -3.46. The fraction of sp³-hybridized carbons (Fsp3) is 0.571. The van der Waals surface area contributed by atoms with Gasteiger partial charge in [-0.1, -0.05) is 0 Å². The molecule has 2 fully saturated rings. The van der Waals surface area contributed by atoms with Crippen LogP contribution in [-0.2, 0) is 14.8 Å². The van der Waals surface area contributed by atoms with Gasteiger partial charge in [-0.05, 0) is 44.9 Å². The van der Waals surface area contributed by atoms with Gasteiger partial charge in [0.2, 0.25) is 10.0 Å². The Morgan fingerprint density at radius 2 is 2.06 bits per heavy atom. The molecule has 32 heavy (non-hydrogen) atoms. The van der Waals surface area contributed by atoms with Gasteiger partial charge in [0.25, 0.3) is 0 Å². The Morgan fingerprint density at radius 1 is 1.25 bits per heavy atom. The summed E-state index contributed by atoms with van der Waals surface area (Å²) in [4.78, 5) is 17.7. The van der Waals surface area contributed by atoms with Gasteiger partial charge in [0.1, 0.15) is 11.0 Å². The number of rotatable bonds is 7. The number of piperidine rings is 1. The molecule has 2 aliphatic heterocycles. The zero-order chi connectivity index (χ0) is 22.7. The van der Waals surface area contributed by atoms with Crippen LogP contribution in [0.1, 0.15) is 26.7 Å². The van der Waals surface area contributed by atoms with Crippen molar-refractivity contribution in [1.82, 2.24) is 24.4 Å². The van der Waals surface area contributed by atoms with E-state index < -0.39 is 21.4 Å². The number of nitrogens with zero attached hydrogens (tertiary/aromatic N) is 4. The topological polar surface area (TPSA) is 118 Å². The van der Waals surface area contributed by atoms with E-state index in [0.29, 0.717) is 25.4 Å². The lowest BCUT2D eigenvalue weighted by molar-refractivity contribution is 0.0591. The summed E-state index contributed by atoms with van der Waals surface area (Å²) < 4.78 is 38.6. The molecule has 0 saturated carbocycles. The van der Waals surface area contributed by atoms with Crippen molar-refractivity contribution in [3.63, 3.8) is 0 Å². The SMILES string of the molecule is CC(C)OC(=O)N1CC(S(=O)(=O)N2CCC[C@H](COc3ccc(-c4ccn[nH]4)nc3)C2)C1. The van der Waals surface area contributed by atoms with Gasteiger partial charge in [-0.3, -0.25) is 10.1 Å². The number of hydrogen-bond acceptors (Lipinski definition) is 7. The fourth-order valence-corrected chi connectivity index (χ4v) is 5.85. The highest BCUT2D eigenvalue weighted by Gasteiger charge is 2.44. The molecule has 0 radical (unpaired) electrons. The van der Waals surface area contributed by atoms with E-state index in [-0.39, 0.29) is 25.1 Å². The Morgan fingerprint density at radius 3 is 2.72 bits per heavy atom. The molecule has 0 aliphatic carbocycles. The lowest BCUT2D eigenvalue weighted by atomic mass is 10.0. The van der Waals surface area contributed by atoms with E-state index in [1.165, 1.54) is 4.90 Å². The molecule has 2 saturated heterocycles. The van der Waals surface area contributed by atoms with Gasteiger partial charge in [0.15, 0.2) is 0 Å². The Bertz CT molecular complexity index is 1000. The van der Waals surface area contributed by atoms with Crippen molar-refractivity contribution in [3.05, 3.63) is 30.6 Å². The Labute approximate surface area is 188 Å². The number of nitrogens with one attached hydrogen (secondary N) is 1. The van der Waals surface area contributed by atoms with E-state index in [0.717, 1.165) is 24.2 Å². The first-order valence-corrected chi connectivity index (χ1v) is 12.4. The minimum absolute atomic E-state index is 0.105. The van der Waals surface area contributed by atoms with Gasteiger partial charge in [-0.15, -0.1) is 0 Å². The monoisotopic (exact) mass is 463 g/mol. The second-order valence-corrected chi connectivity index (χ2v) is 10.7. The van der Waals surface area contributed by atoms with E-state index in [4.69, 9.17) is 9.47 Å². The molecule has 0 unspecified atom stereocenters. The minimum Gasteiger partial charge on any atom is -0.492 e. The number of amides is 1. The average molecular weight is 464 g/mol. The number of aromatic nitrogens is 3. The number of likely N-dealkylation sites (tertiary alicyclic amines) is 1. The number of ether oxygens (including phenoxy) is 2. The summed E-state index contributed by atoms with van der Waals surface area (Å²) in [6.45, 7) is 5.26. The standard InChI is InChI=1S/C21H29N5O5S/c1-15(2)31-21(27)25-12-18(13-25)32(28,29)26-9-3-4-16(11-26)14-30-17-5-6-19(22-10-17)20-7-8-23-24-20/h5-8,10,15-16,18H,3-4,9,11-14H2,1-2H3,(H,23,24)/t16-/m0/s1. The maximum absolute atomic E-state index is 13.0. The molecule has 4 rings (SSSR count). The molecule has 0 bridgehead atoms. The molecule has 11 heteroatoms. The van der Waals surface area contributed by atoms with E-state index in [1.807, 2.05) is 18.2 Å². The van der Waals surface area contributed by atoms with Gasteiger partial charge in [-0.25, -0.2) is 17.5 Å². The highest BCUT2D eigenvalue weighted by atomic mass is 32.2. The lowest BCUT2D eigenvalue weighted by Crippen LogP contribution is -2.61. The fourth-order valence-electron chi connectivity index (χ4n) is 3.89. The van der Waals surface area contributed by atoms with Crippen molar-refractivity contribution in [2.75, 3.05) is 32.8 Å². The molecule has 2 aliphatic rings. The van der Waals surface area contributed by atoms with E-state index >= 15 is 0 Å². The van der Waals surface area contributed by atoms with Crippen molar-refractivity contribution in [2.45, 2.75) is 38.0 Å². The molecule has 174 valence electrons. The zero-order valence-corrected chi connectivity index (χ0v) is 19.1. The third-order valence-corrected chi connectivity index (χ3v) is 7.90. The second kappa shape index (κ2) is 9.45. The molecule has 0 aromatic carbocycles. The normalized spacial score (nSPS) is 20.2. The average Bonchev–Trinajstić information content (AvgIpc) is 3.26. The molecule has 1 atom stereocenters. The molecule has 10 nitrogen and oxygen atoms in total. The third kappa shape index (κ3) is 5.04. The molecule has 2 aromatic heterocycles. The highest BCUT2D eigenvalue weighted by molar-refractivity contribution is 7.89. The van der Waals surface area contributed by atoms with Gasteiger partial charge in [0.05, 0.1) is 30.3 Å². The Balaban J connectivity index is 1.27. The predicted molar refractivity (Wildman–Crippen MR) is 118 cm³/mol. The van der Waals surface area contributed by atoms with E-state index in [2.05, 4.69) is 15.2 Å². The van der Waals surface area contributed by atoms with Crippen LogP contribution in [0.2, 0.25) is 0 Å². The summed E-state index contributed by atoms with van der Waals surface area (Å²) >= 11 is 0. The highest BCUT2D eigenvalue weighted by Crippen LogP contribution is 2.27. The molecular weight excluding hydrogens is 434 g/mol. The van der Waals surface area contributed by atoms with Gasteiger partial charge in [0, 0.05) is 38.3 Å². The summed E-state index contributed by atoms with van der Waals surface area (Å²) in [5, 5.41) is 6.21. The van der Waals surface area contributed by atoms with Crippen molar-refractivity contribution in [3.8, 4) is 17.1 Å². The first-order valence-electron chi connectivity index (χ1n) is 10.9. The number of H-pyrrole nitrogens is 1. The zero-order valence-electron chi connectivity index (χ0n) is 18.3. The second-order valence-electron chi connectivity index (χ2n) is 8.53. The van der Waals surface area contributed by atoms with Gasteiger partial charge >= 0.3 is 6.09 Å². The summed E-state index contributed by atoms with van der Waals surface area (Å²) in [5.74, 6) is 0.749. The first kappa shape index (κ1) is 22.5. The third-order valence-electron chi connectivity index (χ3n) is 5.70. The van der Waals surface area contributed by atoms with Gasteiger partial charge < -0.3 is 14.4 Å². The maximum Gasteiger partial charge on any atom is 0.410 e. The molecule has 2 aromatic rings. The van der Waals surface area contributed by atoms with Crippen LogP contribution in [0.4, 0.5) is 4.79 Å². The van der Waals surface area contributed by atoms with Crippen LogP contribution in [0.15, 0.2) is 30.6 Å². The van der Waals surface area contributed by atoms with Crippen LogP contribution in [0.5, 0.6) is 5.75 Å². The molecule has 0 spiro atoms. The Hall–Kier alpha value is -2.66. The molecule has 1 N–H and O–H groups in total. The van der Waals surface area contributed by atoms with Crippen molar-refractivity contribution >= 4 is 16.1 Å². The summed E-state index contributed by atoms with van der Waals surface area (Å²) in [5.41, 5.74) is 1.60. The van der Waals surface area contributed by atoms with Crippen LogP contribution >= 0.6 is 0 Å². The Kier molecular flexibility index (Phi) is 6.66. The number of sulfonamides is 1. The molecular formula is C21H29N5O5S. The summed E-state index contributed by atoms with van der Waals surface area (Å²) in [6, 6.07) is 5.54. The number of hydrogen-bond donors (Lipinski definition) is 1. The smallest absolute Gasteiger partial charge is 0.410 e. The van der Waals surface area contributed by atoms with Crippen LogP contribution in [0.3, 0.4) is 0 Å².